The third-order valence-corrected chi connectivity index (χ3v) is 2.52. The van der Waals surface area contributed by atoms with Crippen molar-refractivity contribution in [2.24, 2.45) is 0 Å². The second kappa shape index (κ2) is 7.51. The topological polar surface area (TPSA) is 85.2 Å². The number of hydrogen-bond donors (Lipinski definition) is 2. The van der Waals surface area contributed by atoms with Gasteiger partial charge in [-0.1, -0.05) is 17.7 Å². The lowest BCUT2D eigenvalue weighted by atomic mass is 10.2. The number of aryl methyl sites for hydroxylation is 1. The van der Waals surface area contributed by atoms with Gasteiger partial charge < -0.3 is 19.3 Å². The van der Waals surface area contributed by atoms with E-state index >= 15 is 0 Å². The van der Waals surface area contributed by atoms with Crippen LogP contribution in [0.4, 0.5) is 0 Å². The van der Waals surface area contributed by atoms with Crippen molar-refractivity contribution in [3.05, 3.63) is 29.8 Å². The normalized spacial score (nSPS) is 11.5. The lowest BCUT2D eigenvalue weighted by molar-refractivity contribution is 0.0668. The van der Waals surface area contributed by atoms with Gasteiger partial charge in [0.25, 0.3) is 0 Å². The smallest absolute Gasteiger partial charge is 0.469 e. The molecule has 0 amide bonds. The van der Waals surface area contributed by atoms with E-state index in [4.69, 9.17) is 19.3 Å². The minimum atomic E-state index is -4.39. The van der Waals surface area contributed by atoms with E-state index < -0.39 is 7.82 Å². The average Bonchev–Trinajstić information content (AvgIpc) is 2.29. The summed E-state index contributed by atoms with van der Waals surface area (Å²) in [6.07, 6.45) is 0. The summed E-state index contributed by atoms with van der Waals surface area (Å²) in [7, 11) is -4.39. The first-order valence-corrected chi connectivity index (χ1v) is 6.98. The fraction of sp³-hybridized carbons (Fsp3) is 0.455. The van der Waals surface area contributed by atoms with Crippen LogP contribution in [0, 0.1) is 6.92 Å². The molecule has 18 heavy (non-hydrogen) atoms. The second-order valence-corrected chi connectivity index (χ2v) is 4.84. The number of ether oxygens (including phenoxy) is 2. The Morgan fingerprint density at radius 3 is 2.28 bits per heavy atom. The summed E-state index contributed by atoms with van der Waals surface area (Å²) in [4.78, 5) is 16.8. The van der Waals surface area contributed by atoms with Gasteiger partial charge in [0.2, 0.25) is 0 Å². The molecule has 102 valence electrons. The van der Waals surface area contributed by atoms with Crippen LogP contribution in [0.5, 0.6) is 5.75 Å². The molecule has 1 aromatic rings. The van der Waals surface area contributed by atoms with Gasteiger partial charge in [0.1, 0.15) is 12.4 Å². The van der Waals surface area contributed by atoms with Crippen LogP contribution < -0.4 is 4.74 Å². The molecular formula is C11H17O6P. The molecule has 0 aliphatic carbocycles. The molecule has 0 saturated heterocycles. The maximum Gasteiger partial charge on any atom is 0.469 e. The third-order valence-electron chi connectivity index (χ3n) is 2.00. The van der Waals surface area contributed by atoms with Crippen molar-refractivity contribution in [2.45, 2.75) is 6.92 Å². The fourth-order valence-electron chi connectivity index (χ4n) is 1.17. The van der Waals surface area contributed by atoms with E-state index in [9.17, 15) is 4.57 Å². The van der Waals surface area contributed by atoms with Crippen molar-refractivity contribution in [1.82, 2.24) is 0 Å². The van der Waals surface area contributed by atoms with Crippen LogP contribution in [-0.4, -0.2) is 36.2 Å². The van der Waals surface area contributed by atoms with E-state index in [1.54, 1.807) is 0 Å². The van der Waals surface area contributed by atoms with Gasteiger partial charge in [-0.25, -0.2) is 4.57 Å². The molecule has 0 atom stereocenters. The van der Waals surface area contributed by atoms with Crippen molar-refractivity contribution in [2.75, 3.05) is 26.4 Å². The number of phosphoric ester groups is 1. The molecule has 0 aliphatic heterocycles. The molecule has 6 nitrogen and oxygen atoms in total. The van der Waals surface area contributed by atoms with E-state index in [1.807, 2.05) is 31.2 Å². The zero-order valence-electron chi connectivity index (χ0n) is 10.1. The number of benzene rings is 1. The molecule has 0 unspecified atom stereocenters. The monoisotopic (exact) mass is 276 g/mol. The van der Waals surface area contributed by atoms with Gasteiger partial charge in [0.15, 0.2) is 0 Å². The molecular weight excluding hydrogens is 259 g/mol. The Balaban J connectivity index is 2.02. The summed E-state index contributed by atoms with van der Waals surface area (Å²) < 4.78 is 25.0. The van der Waals surface area contributed by atoms with Crippen molar-refractivity contribution in [3.8, 4) is 5.75 Å². The van der Waals surface area contributed by atoms with Crippen LogP contribution >= 0.6 is 7.82 Å². The number of phosphoric acid groups is 1. The van der Waals surface area contributed by atoms with Crippen LogP contribution in [0.1, 0.15) is 5.56 Å². The number of hydrogen-bond acceptors (Lipinski definition) is 4. The number of rotatable bonds is 8. The summed E-state index contributed by atoms with van der Waals surface area (Å²) in [6.45, 7) is 2.67. The van der Waals surface area contributed by atoms with Crippen LogP contribution in [0.25, 0.3) is 0 Å². The van der Waals surface area contributed by atoms with Gasteiger partial charge in [-0.2, -0.15) is 0 Å². The first-order valence-electron chi connectivity index (χ1n) is 5.45. The Hall–Kier alpha value is -0.910. The molecule has 1 rings (SSSR count). The summed E-state index contributed by atoms with van der Waals surface area (Å²) in [5, 5.41) is 0. The van der Waals surface area contributed by atoms with E-state index in [-0.39, 0.29) is 13.2 Å². The molecule has 2 N–H and O–H groups in total. The molecule has 7 heteroatoms. The molecule has 0 heterocycles. The molecule has 1 aromatic carbocycles. The maximum absolute atomic E-state index is 10.3. The van der Waals surface area contributed by atoms with Gasteiger partial charge in [0, 0.05) is 0 Å². The zero-order chi connectivity index (χ0) is 13.4. The summed E-state index contributed by atoms with van der Waals surface area (Å²) in [5.74, 6) is 0.760. The SMILES string of the molecule is Cc1ccc(OCCOCCOP(=O)(O)O)cc1. The largest absolute Gasteiger partial charge is 0.491 e. The highest BCUT2D eigenvalue weighted by molar-refractivity contribution is 7.46. The van der Waals surface area contributed by atoms with Crippen molar-refractivity contribution >= 4 is 7.82 Å². The standard InChI is InChI=1S/C11H17O6P/c1-10-2-4-11(5-3-10)16-8-6-15-7-9-17-18(12,13)14/h2-5H,6-9H2,1H3,(H2,12,13,14). The van der Waals surface area contributed by atoms with E-state index in [0.717, 1.165) is 11.3 Å². The molecule has 0 radical (unpaired) electrons. The second-order valence-electron chi connectivity index (χ2n) is 3.60. The Labute approximate surface area is 106 Å². The summed E-state index contributed by atoms with van der Waals surface area (Å²) in [5.41, 5.74) is 1.16. The lowest BCUT2D eigenvalue weighted by Gasteiger charge is -2.08. The molecule has 0 spiro atoms. The van der Waals surface area contributed by atoms with Gasteiger partial charge in [-0.3, -0.25) is 4.52 Å². The Morgan fingerprint density at radius 2 is 1.67 bits per heavy atom. The predicted molar refractivity (Wildman–Crippen MR) is 65.5 cm³/mol. The maximum atomic E-state index is 10.3. The molecule has 0 saturated carbocycles. The molecule has 0 aliphatic rings. The van der Waals surface area contributed by atoms with E-state index in [2.05, 4.69) is 4.52 Å². The highest BCUT2D eigenvalue weighted by Gasteiger charge is 2.12. The average molecular weight is 276 g/mol. The molecule has 0 aromatic heterocycles. The fourth-order valence-corrected chi connectivity index (χ4v) is 1.48. The quantitative estimate of drug-likeness (QED) is 0.553. The van der Waals surface area contributed by atoms with Crippen LogP contribution in [-0.2, 0) is 13.8 Å². The van der Waals surface area contributed by atoms with Gasteiger partial charge in [0.05, 0.1) is 19.8 Å². The van der Waals surface area contributed by atoms with Gasteiger partial charge in [-0.15, -0.1) is 0 Å². The zero-order valence-corrected chi connectivity index (χ0v) is 11.0. The van der Waals surface area contributed by atoms with E-state index in [1.165, 1.54) is 0 Å². The van der Waals surface area contributed by atoms with E-state index in [0.29, 0.717) is 13.2 Å². The summed E-state index contributed by atoms with van der Waals surface area (Å²) >= 11 is 0. The third kappa shape index (κ3) is 7.42. The van der Waals surface area contributed by atoms with Crippen molar-refractivity contribution in [1.29, 1.82) is 0 Å². The Bertz CT molecular complexity index is 385. The van der Waals surface area contributed by atoms with Gasteiger partial charge >= 0.3 is 7.82 Å². The molecule has 0 bridgehead atoms. The van der Waals surface area contributed by atoms with Crippen LogP contribution in [0.3, 0.4) is 0 Å². The van der Waals surface area contributed by atoms with Crippen molar-refractivity contribution < 1.29 is 28.3 Å². The van der Waals surface area contributed by atoms with Crippen LogP contribution in [0.2, 0.25) is 0 Å². The first kappa shape index (κ1) is 15.1. The predicted octanol–water partition coefficient (Wildman–Crippen LogP) is 1.50. The van der Waals surface area contributed by atoms with Crippen LogP contribution in [0.15, 0.2) is 24.3 Å². The van der Waals surface area contributed by atoms with Crippen molar-refractivity contribution in [3.63, 3.8) is 0 Å². The summed E-state index contributed by atoms with van der Waals surface area (Å²) in [6, 6.07) is 7.63. The minimum Gasteiger partial charge on any atom is -0.491 e. The molecule has 0 fully saturated rings. The van der Waals surface area contributed by atoms with Gasteiger partial charge in [-0.05, 0) is 19.1 Å². The highest BCUT2D eigenvalue weighted by Crippen LogP contribution is 2.35. The first-order chi connectivity index (χ1) is 8.47. The Kier molecular flexibility index (Phi) is 6.32. The highest BCUT2D eigenvalue weighted by atomic mass is 31.2. The lowest BCUT2D eigenvalue weighted by Crippen LogP contribution is -2.10. The minimum absolute atomic E-state index is 0.113. The Morgan fingerprint density at radius 1 is 1.06 bits per heavy atom.